The van der Waals surface area contributed by atoms with Crippen LogP contribution in [0.3, 0.4) is 0 Å². The van der Waals surface area contributed by atoms with E-state index in [-0.39, 0.29) is 0 Å². The van der Waals surface area contributed by atoms with Gasteiger partial charge in [0, 0.05) is 11.9 Å². The normalized spacial score (nSPS) is 8.89. The summed E-state index contributed by atoms with van der Waals surface area (Å²) in [6.07, 6.45) is 7.42. The summed E-state index contributed by atoms with van der Waals surface area (Å²) in [4.78, 5) is 7.03. The molecule has 0 bridgehead atoms. The lowest BCUT2D eigenvalue weighted by atomic mass is 10.4. The van der Waals surface area contributed by atoms with Crippen LogP contribution in [0.15, 0.2) is 6.20 Å². The molecule has 0 amide bonds. The van der Waals surface area contributed by atoms with E-state index in [0.717, 1.165) is 11.5 Å². The number of hydrogen-bond acceptors (Lipinski definition) is 1. The van der Waals surface area contributed by atoms with Gasteiger partial charge in [0.15, 0.2) is 0 Å². The average Bonchev–Trinajstić information content (AvgIpc) is 2.17. The molecule has 0 unspecified atom stereocenters. The second-order valence-corrected chi connectivity index (χ2v) is 1.89. The fraction of sp³-hybridized carbons (Fsp3) is 0.286. The number of rotatable bonds is 1. The van der Waals surface area contributed by atoms with Crippen molar-refractivity contribution in [3.63, 3.8) is 0 Å². The van der Waals surface area contributed by atoms with Crippen LogP contribution in [0.5, 0.6) is 0 Å². The molecule has 0 atom stereocenters. The molecule has 0 radical (unpaired) electrons. The van der Waals surface area contributed by atoms with Crippen molar-refractivity contribution >= 4 is 0 Å². The van der Waals surface area contributed by atoms with Crippen molar-refractivity contribution in [3.05, 3.63) is 17.7 Å². The van der Waals surface area contributed by atoms with E-state index < -0.39 is 0 Å². The maximum absolute atomic E-state index is 5.06. The van der Waals surface area contributed by atoms with Gasteiger partial charge in [-0.3, -0.25) is 0 Å². The van der Waals surface area contributed by atoms with Crippen LogP contribution in [-0.4, -0.2) is 9.97 Å². The number of imidazole rings is 1. The fourth-order valence-corrected chi connectivity index (χ4v) is 0.653. The Balaban J connectivity index is 2.76. The lowest BCUT2D eigenvalue weighted by Crippen LogP contribution is -1.82. The third-order valence-corrected chi connectivity index (χ3v) is 1.03. The van der Waals surface area contributed by atoms with Gasteiger partial charge in [-0.2, -0.15) is 0 Å². The molecule has 0 aromatic carbocycles. The zero-order valence-electron chi connectivity index (χ0n) is 5.31. The lowest BCUT2D eigenvalue weighted by Gasteiger charge is -1.82. The predicted molar refractivity (Wildman–Crippen MR) is 35.9 cm³/mol. The number of aryl methyl sites for hydroxylation is 1. The molecule has 2 nitrogen and oxygen atoms in total. The average molecular weight is 120 g/mol. The maximum Gasteiger partial charge on any atom is 0.118 e. The topological polar surface area (TPSA) is 28.7 Å². The molecule has 1 aromatic heterocycles. The Morgan fingerprint density at radius 1 is 1.89 bits per heavy atom. The Kier molecular flexibility index (Phi) is 1.55. The summed E-state index contributed by atoms with van der Waals surface area (Å²) in [6.45, 7) is 1.95. The molecule has 1 heterocycles. The maximum atomic E-state index is 5.06. The van der Waals surface area contributed by atoms with Crippen LogP contribution in [0.1, 0.15) is 11.5 Å². The molecule has 1 aromatic rings. The molecule has 0 saturated carbocycles. The largest absolute Gasteiger partial charge is 0.345 e. The van der Waals surface area contributed by atoms with Gasteiger partial charge >= 0.3 is 0 Å². The van der Waals surface area contributed by atoms with Crippen molar-refractivity contribution in [2.75, 3.05) is 0 Å². The SMILES string of the molecule is C#CCc1ncc(C)[nH]1. The highest BCUT2D eigenvalue weighted by Crippen LogP contribution is 1.93. The Morgan fingerprint density at radius 3 is 3.11 bits per heavy atom. The van der Waals surface area contributed by atoms with E-state index in [1.165, 1.54) is 0 Å². The summed E-state index contributed by atoms with van der Waals surface area (Å²) < 4.78 is 0. The number of nitrogens with zero attached hydrogens (tertiary/aromatic N) is 1. The monoisotopic (exact) mass is 120 g/mol. The van der Waals surface area contributed by atoms with Gasteiger partial charge in [0.2, 0.25) is 0 Å². The van der Waals surface area contributed by atoms with Crippen molar-refractivity contribution in [2.45, 2.75) is 13.3 Å². The van der Waals surface area contributed by atoms with Crippen molar-refractivity contribution < 1.29 is 0 Å². The van der Waals surface area contributed by atoms with Gasteiger partial charge in [0.1, 0.15) is 5.82 Å². The van der Waals surface area contributed by atoms with Crippen LogP contribution in [0.2, 0.25) is 0 Å². The quantitative estimate of drug-likeness (QED) is 0.548. The highest BCUT2D eigenvalue weighted by Gasteiger charge is 1.91. The Morgan fingerprint density at radius 2 is 2.67 bits per heavy atom. The molecular weight excluding hydrogens is 112 g/mol. The number of nitrogens with one attached hydrogen (secondary N) is 1. The van der Waals surface area contributed by atoms with Gasteiger partial charge in [-0.25, -0.2) is 4.98 Å². The molecule has 1 N–H and O–H groups in total. The van der Waals surface area contributed by atoms with Crippen LogP contribution in [0.4, 0.5) is 0 Å². The van der Waals surface area contributed by atoms with E-state index in [1.54, 1.807) is 6.20 Å². The highest BCUT2D eigenvalue weighted by molar-refractivity contribution is 5.04. The van der Waals surface area contributed by atoms with Crippen molar-refractivity contribution in [2.24, 2.45) is 0 Å². The first-order valence-corrected chi connectivity index (χ1v) is 2.77. The molecule has 0 aliphatic heterocycles. The molecule has 1 rings (SSSR count). The molecule has 0 aliphatic rings. The van der Waals surface area contributed by atoms with E-state index in [4.69, 9.17) is 6.42 Å². The van der Waals surface area contributed by atoms with Gasteiger partial charge in [-0.15, -0.1) is 6.42 Å². The van der Waals surface area contributed by atoms with Crippen molar-refractivity contribution in [1.29, 1.82) is 0 Å². The molecule has 9 heavy (non-hydrogen) atoms. The molecule has 0 fully saturated rings. The molecule has 0 spiro atoms. The zero-order valence-corrected chi connectivity index (χ0v) is 5.31. The predicted octanol–water partition coefficient (Wildman–Crippen LogP) is 0.894. The third-order valence-electron chi connectivity index (χ3n) is 1.03. The zero-order chi connectivity index (χ0) is 6.69. The molecule has 46 valence electrons. The second-order valence-electron chi connectivity index (χ2n) is 1.89. The van der Waals surface area contributed by atoms with Crippen LogP contribution in [0.25, 0.3) is 0 Å². The van der Waals surface area contributed by atoms with Crippen molar-refractivity contribution in [3.8, 4) is 12.3 Å². The van der Waals surface area contributed by atoms with E-state index in [1.807, 2.05) is 6.92 Å². The lowest BCUT2D eigenvalue weighted by molar-refractivity contribution is 1.07. The van der Waals surface area contributed by atoms with Gasteiger partial charge in [0.05, 0.1) is 6.42 Å². The van der Waals surface area contributed by atoms with Gasteiger partial charge < -0.3 is 4.98 Å². The summed E-state index contributed by atoms with van der Waals surface area (Å²) in [6, 6.07) is 0. The molecule has 2 heteroatoms. The number of hydrogen-bond donors (Lipinski definition) is 1. The summed E-state index contributed by atoms with van der Waals surface area (Å²) >= 11 is 0. The number of aromatic nitrogens is 2. The molecular formula is C7H8N2. The minimum absolute atomic E-state index is 0.591. The smallest absolute Gasteiger partial charge is 0.118 e. The number of H-pyrrole nitrogens is 1. The first kappa shape index (κ1) is 5.90. The van der Waals surface area contributed by atoms with E-state index in [2.05, 4.69) is 15.9 Å². The Labute approximate surface area is 54.3 Å². The Bertz CT molecular complexity index is 229. The van der Waals surface area contributed by atoms with E-state index in [0.29, 0.717) is 6.42 Å². The van der Waals surface area contributed by atoms with Crippen LogP contribution < -0.4 is 0 Å². The summed E-state index contributed by atoms with van der Waals surface area (Å²) in [5, 5.41) is 0. The number of terminal acetylenes is 1. The fourth-order valence-electron chi connectivity index (χ4n) is 0.653. The molecule has 0 aliphatic carbocycles. The second kappa shape index (κ2) is 2.36. The van der Waals surface area contributed by atoms with E-state index in [9.17, 15) is 0 Å². The minimum atomic E-state index is 0.591. The highest BCUT2D eigenvalue weighted by atomic mass is 14.9. The van der Waals surface area contributed by atoms with E-state index >= 15 is 0 Å². The van der Waals surface area contributed by atoms with Gasteiger partial charge in [-0.05, 0) is 6.92 Å². The third kappa shape index (κ3) is 1.33. The summed E-state index contributed by atoms with van der Waals surface area (Å²) in [5.74, 6) is 3.37. The van der Waals surface area contributed by atoms with Crippen LogP contribution in [-0.2, 0) is 6.42 Å². The summed E-state index contributed by atoms with van der Waals surface area (Å²) in [5.41, 5.74) is 1.06. The minimum Gasteiger partial charge on any atom is -0.345 e. The Hall–Kier alpha value is -1.23. The first-order chi connectivity index (χ1) is 4.33. The summed E-state index contributed by atoms with van der Waals surface area (Å²) in [7, 11) is 0. The van der Waals surface area contributed by atoms with Gasteiger partial charge in [-0.1, -0.05) is 5.92 Å². The first-order valence-electron chi connectivity index (χ1n) is 2.77. The van der Waals surface area contributed by atoms with Crippen LogP contribution >= 0.6 is 0 Å². The van der Waals surface area contributed by atoms with Gasteiger partial charge in [0.25, 0.3) is 0 Å². The standard InChI is InChI=1S/C7H8N2/c1-3-4-7-8-5-6(2)9-7/h1,5H,4H2,2H3,(H,8,9). The molecule has 0 saturated heterocycles. The number of aromatic amines is 1. The van der Waals surface area contributed by atoms with Crippen LogP contribution in [0, 0.1) is 19.3 Å². The van der Waals surface area contributed by atoms with Crippen molar-refractivity contribution in [1.82, 2.24) is 9.97 Å².